The summed E-state index contributed by atoms with van der Waals surface area (Å²) in [6.45, 7) is 2.11. The predicted molar refractivity (Wildman–Crippen MR) is 189 cm³/mol. The zero-order valence-electron chi connectivity index (χ0n) is 25.8. The number of nitrogens with zero attached hydrogens (tertiary/aromatic N) is 5. The third-order valence-electron chi connectivity index (χ3n) is 8.31. The summed E-state index contributed by atoms with van der Waals surface area (Å²) in [6.07, 6.45) is 1.33. The van der Waals surface area contributed by atoms with E-state index < -0.39 is 0 Å². The highest BCUT2D eigenvalue weighted by atomic mass is 35.5. The summed E-state index contributed by atoms with van der Waals surface area (Å²) in [6, 6.07) is 28.6. The van der Waals surface area contributed by atoms with E-state index in [1.807, 2.05) is 36.4 Å². The van der Waals surface area contributed by atoms with E-state index in [2.05, 4.69) is 10.3 Å². The van der Waals surface area contributed by atoms with Crippen LogP contribution in [0, 0.1) is 5.82 Å². The van der Waals surface area contributed by atoms with Crippen molar-refractivity contribution >= 4 is 40.9 Å². The number of nitrogens with one attached hydrogen (secondary N) is 1. The molecule has 0 atom stereocenters. The minimum absolute atomic E-state index is 0. The van der Waals surface area contributed by atoms with E-state index in [1.54, 1.807) is 70.6 Å². The van der Waals surface area contributed by atoms with Gasteiger partial charge in [0.15, 0.2) is 0 Å². The van der Waals surface area contributed by atoms with Crippen molar-refractivity contribution in [2.75, 3.05) is 31.5 Å². The third kappa shape index (κ3) is 7.29. The van der Waals surface area contributed by atoms with E-state index in [0.29, 0.717) is 70.9 Å². The van der Waals surface area contributed by atoms with Crippen LogP contribution in [0.15, 0.2) is 108 Å². The van der Waals surface area contributed by atoms with Crippen LogP contribution < -0.4 is 5.32 Å². The fourth-order valence-corrected chi connectivity index (χ4v) is 5.95. The second-order valence-electron chi connectivity index (χ2n) is 11.4. The standard InChI is InChI=1S/C37H30ClFN6O3.CH4/c38-27-12-15-29-31(20-27)34(30-8-4-5-9-32(30)39)40-21-26-22-41-36(43-33(26)29)42-28-13-10-25(11-14-28)35(46)44-16-18-45(19-17-44)37(47)48-23-24-6-2-1-3-7-24;/h1-15,20,22H,16-19,21,23H2,(H,41,42,43);1H4. The van der Waals surface area contributed by atoms with Crippen molar-refractivity contribution in [2.45, 2.75) is 20.6 Å². The molecule has 1 fully saturated rings. The Morgan fingerprint density at radius 2 is 1.55 bits per heavy atom. The first kappa shape index (κ1) is 33.3. The number of piperazine rings is 1. The van der Waals surface area contributed by atoms with Crippen LogP contribution in [0.25, 0.3) is 11.3 Å². The Morgan fingerprint density at radius 1 is 0.837 bits per heavy atom. The van der Waals surface area contributed by atoms with E-state index in [0.717, 1.165) is 16.7 Å². The van der Waals surface area contributed by atoms with E-state index in [4.69, 9.17) is 26.3 Å². The van der Waals surface area contributed by atoms with Crippen LogP contribution in [0.5, 0.6) is 0 Å². The molecule has 7 rings (SSSR count). The molecule has 11 heteroatoms. The SMILES string of the molecule is C.O=C(OCc1ccccc1)N1CCN(C(=O)c2ccc(Nc3ncc4c(n3)-c3ccc(Cl)cc3C(c3ccccc3F)=NC4)cc2)CC1. The summed E-state index contributed by atoms with van der Waals surface area (Å²) in [5.41, 5.74) is 5.96. The Kier molecular flexibility index (Phi) is 9.96. The van der Waals surface area contributed by atoms with Gasteiger partial charge in [0.2, 0.25) is 5.95 Å². The highest BCUT2D eigenvalue weighted by Crippen LogP contribution is 2.34. The average Bonchev–Trinajstić information content (AvgIpc) is 3.27. The number of fused-ring (bicyclic) bond motifs is 3. The minimum Gasteiger partial charge on any atom is -0.445 e. The topological polar surface area (TPSA) is 100 Å². The first-order valence-electron chi connectivity index (χ1n) is 15.5. The quantitative estimate of drug-likeness (QED) is 0.197. The molecule has 2 aliphatic heterocycles. The second-order valence-corrected chi connectivity index (χ2v) is 11.9. The molecule has 1 N–H and O–H groups in total. The van der Waals surface area contributed by atoms with Crippen molar-refractivity contribution in [1.82, 2.24) is 19.8 Å². The molecule has 5 aromatic rings. The van der Waals surface area contributed by atoms with Crippen LogP contribution in [0.1, 0.15) is 40.0 Å². The minimum atomic E-state index is -0.383. The summed E-state index contributed by atoms with van der Waals surface area (Å²) in [7, 11) is 0. The molecule has 248 valence electrons. The lowest BCUT2D eigenvalue weighted by atomic mass is 9.95. The number of hydrogen-bond acceptors (Lipinski definition) is 7. The molecule has 4 aromatic carbocycles. The van der Waals surface area contributed by atoms with E-state index in [1.165, 1.54) is 6.07 Å². The lowest BCUT2D eigenvalue weighted by molar-refractivity contribution is 0.0544. The number of halogens is 2. The summed E-state index contributed by atoms with van der Waals surface area (Å²) in [5.74, 6) is -0.121. The number of anilines is 2. The summed E-state index contributed by atoms with van der Waals surface area (Å²) >= 11 is 6.38. The average molecular weight is 677 g/mol. The van der Waals surface area contributed by atoms with E-state index in [-0.39, 0.29) is 38.4 Å². The zero-order chi connectivity index (χ0) is 33.0. The molecular weight excluding hydrogens is 643 g/mol. The maximum atomic E-state index is 14.8. The number of carbonyl (C=O) groups is 2. The number of carbonyl (C=O) groups excluding carboxylic acids is 2. The van der Waals surface area contributed by atoms with Gasteiger partial charge in [0.25, 0.3) is 5.91 Å². The van der Waals surface area contributed by atoms with Crippen LogP contribution in [-0.2, 0) is 17.9 Å². The fraction of sp³-hybridized carbons (Fsp3) is 0.184. The lowest BCUT2D eigenvalue weighted by Gasteiger charge is -2.34. The van der Waals surface area contributed by atoms with Crippen molar-refractivity contribution in [3.63, 3.8) is 0 Å². The highest BCUT2D eigenvalue weighted by molar-refractivity contribution is 6.31. The summed E-state index contributed by atoms with van der Waals surface area (Å²) < 4.78 is 20.3. The lowest BCUT2D eigenvalue weighted by Crippen LogP contribution is -2.50. The number of ether oxygens (including phenoxy) is 1. The van der Waals surface area contributed by atoms with Gasteiger partial charge in [-0.3, -0.25) is 9.79 Å². The van der Waals surface area contributed by atoms with E-state index >= 15 is 0 Å². The van der Waals surface area contributed by atoms with Crippen LogP contribution in [0.2, 0.25) is 5.02 Å². The van der Waals surface area contributed by atoms with Crippen molar-refractivity contribution in [3.8, 4) is 11.3 Å². The van der Waals surface area contributed by atoms with Gasteiger partial charge in [0.1, 0.15) is 12.4 Å². The Labute approximate surface area is 289 Å². The molecular formula is C38H34ClFN6O3. The molecule has 2 amide bonds. The molecule has 0 bridgehead atoms. The van der Waals surface area contributed by atoms with Gasteiger partial charge in [-0.05, 0) is 54.1 Å². The van der Waals surface area contributed by atoms with Crippen LogP contribution in [0.3, 0.4) is 0 Å². The van der Waals surface area contributed by atoms with Gasteiger partial charge < -0.3 is 19.9 Å². The number of hydrogen-bond donors (Lipinski definition) is 1. The van der Waals surface area contributed by atoms with Crippen molar-refractivity contribution in [2.24, 2.45) is 4.99 Å². The van der Waals surface area contributed by atoms with Crippen molar-refractivity contribution < 1.29 is 18.7 Å². The Bertz CT molecular complexity index is 2010. The first-order chi connectivity index (χ1) is 23.4. The molecule has 0 unspecified atom stereocenters. The molecule has 1 aromatic heterocycles. The fourth-order valence-electron chi connectivity index (χ4n) is 5.78. The van der Waals surface area contributed by atoms with Gasteiger partial charge in [0.05, 0.1) is 18.0 Å². The molecule has 0 radical (unpaired) electrons. The normalized spacial score (nSPS) is 13.6. The first-order valence-corrected chi connectivity index (χ1v) is 15.9. The number of aliphatic imine (C=N–C) groups is 1. The molecule has 49 heavy (non-hydrogen) atoms. The van der Waals surface area contributed by atoms with Gasteiger partial charge in [-0.15, -0.1) is 0 Å². The number of aromatic nitrogens is 2. The molecule has 3 heterocycles. The van der Waals surface area contributed by atoms with Gasteiger partial charge in [-0.25, -0.2) is 19.2 Å². The number of benzene rings is 4. The largest absolute Gasteiger partial charge is 0.445 e. The van der Waals surface area contributed by atoms with Crippen molar-refractivity contribution in [3.05, 3.63) is 142 Å². The van der Waals surface area contributed by atoms with Gasteiger partial charge in [-0.1, -0.05) is 67.6 Å². The van der Waals surface area contributed by atoms with Crippen molar-refractivity contribution in [1.29, 1.82) is 0 Å². The number of amides is 2. The van der Waals surface area contributed by atoms with Crippen LogP contribution >= 0.6 is 11.6 Å². The smallest absolute Gasteiger partial charge is 0.410 e. The Hall–Kier alpha value is -5.61. The molecule has 1 saturated heterocycles. The number of rotatable bonds is 6. The van der Waals surface area contributed by atoms with Gasteiger partial charge in [0, 0.05) is 70.9 Å². The Balaban J connectivity index is 0.00000417. The van der Waals surface area contributed by atoms with Gasteiger partial charge >= 0.3 is 6.09 Å². The summed E-state index contributed by atoms with van der Waals surface area (Å²) in [5, 5.41) is 3.73. The zero-order valence-corrected chi connectivity index (χ0v) is 26.5. The molecule has 0 spiro atoms. The summed E-state index contributed by atoms with van der Waals surface area (Å²) in [4.78, 5) is 43.2. The maximum absolute atomic E-state index is 14.8. The molecule has 0 saturated carbocycles. The van der Waals surface area contributed by atoms with Crippen LogP contribution in [-0.4, -0.2) is 63.7 Å². The molecule has 0 aliphatic carbocycles. The molecule has 2 aliphatic rings. The monoisotopic (exact) mass is 676 g/mol. The Morgan fingerprint density at radius 3 is 2.31 bits per heavy atom. The second kappa shape index (κ2) is 14.7. The van der Waals surface area contributed by atoms with Crippen LogP contribution in [0.4, 0.5) is 20.8 Å². The van der Waals surface area contributed by atoms with E-state index in [9.17, 15) is 14.0 Å². The van der Waals surface area contributed by atoms with Gasteiger partial charge in [-0.2, -0.15) is 0 Å². The third-order valence-corrected chi connectivity index (χ3v) is 8.55. The maximum Gasteiger partial charge on any atom is 0.410 e. The predicted octanol–water partition coefficient (Wildman–Crippen LogP) is 7.76. The molecule has 9 nitrogen and oxygen atoms in total. The highest BCUT2D eigenvalue weighted by Gasteiger charge is 2.26.